The number of hydrogen-bond acceptors (Lipinski definition) is 4. The van der Waals surface area contributed by atoms with Crippen LogP contribution in [-0.2, 0) is 14.3 Å². The fraction of sp³-hybridized carbons (Fsp3) is 0.412. The lowest BCUT2D eigenvalue weighted by Gasteiger charge is -2.25. The van der Waals surface area contributed by atoms with Crippen LogP contribution in [0.5, 0.6) is 0 Å². The summed E-state index contributed by atoms with van der Waals surface area (Å²) in [7, 11) is 0. The first kappa shape index (κ1) is 17.7. The molecule has 1 aliphatic heterocycles. The molecule has 1 heterocycles. The van der Waals surface area contributed by atoms with Crippen molar-refractivity contribution in [1.29, 1.82) is 0 Å². The van der Waals surface area contributed by atoms with Crippen LogP contribution in [0.3, 0.4) is 0 Å². The van der Waals surface area contributed by atoms with Crippen molar-refractivity contribution in [3.63, 3.8) is 0 Å². The predicted octanol–water partition coefficient (Wildman–Crippen LogP) is 1.62. The van der Waals surface area contributed by atoms with E-state index in [9.17, 15) is 14.4 Å². The lowest BCUT2D eigenvalue weighted by molar-refractivity contribution is -0.117. The molecule has 1 atom stereocenters. The molecule has 7 heteroatoms. The van der Waals surface area contributed by atoms with Gasteiger partial charge in [0, 0.05) is 17.7 Å². The quantitative estimate of drug-likeness (QED) is 0.803. The van der Waals surface area contributed by atoms with E-state index in [1.807, 2.05) is 13.0 Å². The summed E-state index contributed by atoms with van der Waals surface area (Å²) >= 11 is 0. The smallest absolute Gasteiger partial charge is 0.408 e. The average Bonchev–Trinajstić information content (AvgIpc) is 2.42. The zero-order valence-electron chi connectivity index (χ0n) is 14.2. The number of carbonyl (C=O) groups is 3. The Morgan fingerprint density at radius 3 is 2.71 bits per heavy atom. The lowest BCUT2D eigenvalue weighted by atomic mass is 9.89. The number of allylic oxidation sites excluding steroid dienone is 3. The van der Waals surface area contributed by atoms with E-state index in [4.69, 9.17) is 4.74 Å². The number of carbonyl (C=O) groups excluding carboxylic acids is 3. The Balaban J connectivity index is 1.96. The van der Waals surface area contributed by atoms with Crippen LogP contribution in [0.1, 0.15) is 27.7 Å². The standard InChI is InChI=1S/C17H21N3O4/c1-10-7-14(21)20-13-8-11(5-6-12(10)13)19-15(22)9-18-16(23)24-17(2,3)4/h5-8,12H,9H2,1-4H3,(H,18,23)(H,20,21). The van der Waals surface area contributed by atoms with Gasteiger partial charge < -0.3 is 15.4 Å². The highest BCUT2D eigenvalue weighted by Gasteiger charge is 2.24. The molecule has 128 valence electrons. The summed E-state index contributed by atoms with van der Waals surface area (Å²) in [5, 5.41) is 5.10. The average molecular weight is 331 g/mol. The van der Waals surface area contributed by atoms with E-state index in [0.717, 1.165) is 5.57 Å². The molecule has 0 radical (unpaired) electrons. The van der Waals surface area contributed by atoms with E-state index in [0.29, 0.717) is 11.4 Å². The maximum atomic E-state index is 11.9. The number of alkyl carbamates (subject to hydrolysis) is 1. The minimum Gasteiger partial charge on any atom is -0.444 e. The van der Waals surface area contributed by atoms with Gasteiger partial charge in [-0.15, -0.1) is 0 Å². The van der Waals surface area contributed by atoms with Crippen LogP contribution in [0.25, 0.3) is 0 Å². The third-order valence-corrected chi connectivity index (χ3v) is 3.25. The Labute approximate surface area is 140 Å². The van der Waals surface area contributed by atoms with Gasteiger partial charge in [-0.2, -0.15) is 0 Å². The maximum Gasteiger partial charge on any atom is 0.408 e. The summed E-state index contributed by atoms with van der Waals surface area (Å²) in [5.74, 6) is -0.704. The third kappa shape index (κ3) is 4.91. The highest BCUT2D eigenvalue weighted by molar-refractivity contribution is 6.11. The van der Waals surface area contributed by atoms with Gasteiger partial charge in [0.25, 0.3) is 5.91 Å². The topological polar surface area (TPSA) is 96.9 Å². The van der Waals surface area contributed by atoms with Crippen molar-refractivity contribution in [2.45, 2.75) is 33.3 Å². The van der Waals surface area contributed by atoms with E-state index in [-0.39, 0.29) is 18.4 Å². The molecule has 1 aliphatic carbocycles. The van der Waals surface area contributed by atoms with Crippen LogP contribution >= 0.6 is 0 Å². The molecule has 0 aromatic rings. The van der Waals surface area contributed by atoms with Gasteiger partial charge in [-0.05, 0) is 39.8 Å². The summed E-state index contributed by atoms with van der Waals surface area (Å²) in [6.07, 6.45) is 6.12. The van der Waals surface area contributed by atoms with Crippen LogP contribution in [0, 0.1) is 5.92 Å². The fourth-order valence-corrected chi connectivity index (χ4v) is 2.30. The summed E-state index contributed by atoms with van der Waals surface area (Å²) in [5.41, 5.74) is 1.41. The van der Waals surface area contributed by atoms with Crippen LogP contribution in [0.2, 0.25) is 0 Å². The van der Waals surface area contributed by atoms with Gasteiger partial charge in [-0.1, -0.05) is 11.6 Å². The first-order chi connectivity index (χ1) is 11.1. The Bertz CT molecular complexity index is 693. The van der Waals surface area contributed by atoms with Gasteiger partial charge in [0.05, 0.1) is 5.71 Å². The number of hydrogen-bond donors (Lipinski definition) is 2. The van der Waals surface area contributed by atoms with Crippen molar-refractivity contribution in [3.8, 4) is 0 Å². The van der Waals surface area contributed by atoms with Gasteiger partial charge >= 0.3 is 6.09 Å². The lowest BCUT2D eigenvalue weighted by Crippen LogP contribution is -2.35. The monoisotopic (exact) mass is 331 g/mol. The Hall–Kier alpha value is -2.70. The summed E-state index contributed by atoms with van der Waals surface area (Å²) in [6.45, 7) is 6.82. The first-order valence-corrected chi connectivity index (χ1v) is 7.61. The van der Waals surface area contributed by atoms with E-state index in [2.05, 4.69) is 15.6 Å². The zero-order chi connectivity index (χ0) is 17.9. The van der Waals surface area contributed by atoms with Crippen molar-refractivity contribution in [3.05, 3.63) is 35.6 Å². The van der Waals surface area contributed by atoms with Crippen LogP contribution in [-0.4, -0.2) is 35.8 Å². The molecule has 0 saturated carbocycles. The second-order valence-electron chi connectivity index (χ2n) is 6.60. The molecule has 1 unspecified atom stereocenters. The van der Waals surface area contributed by atoms with E-state index < -0.39 is 17.6 Å². The zero-order valence-corrected chi connectivity index (χ0v) is 14.2. The van der Waals surface area contributed by atoms with Crippen molar-refractivity contribution >= 4 is 23.6 Å². The largest absolute Gasteiger partial charge is 0.444 e. The number of rotatable bonds is 2. The summed E-state index contributed by atoms with van der Waals surface area (Å²) < 4.78 is 5.04. The highest BCUT2D eigenvalue weighted by atomic mass is 16.6. The van der Waals surface area contributed by atoms with Crippen molar-refractivity contribution in [1.82, 2.24) is 10.6 Å². The molecule has 3 amide bonds. The SMILES string of the molecule is CC1=CC(=O)NC2=CC(=NC(=O)CNC(=O)OC(C)(C)C)C=CC12. The van der Waals surface area contributed by atoms with E-state index in [1.54, 1.807) is 39.0 Å². The number of fused-ring (bicyclic) bond motifs is 1. The van der Waals surface area contributed by atoms with Gasteiger partial charge in [0.1, 0.15) is 12.1 Å². The van der Waals surface area contributed by atoms with Crippen molar-refractivity contribution in [2.75, 3.05) is 6.54 Å². The molecular weight excluding hydrogens is 310 g/mol. The maximum absolute atomic E-state index is 11.9. The van der Waals surface area contributed by atoms with Gasteiger partial charge in [-0.3, -0.25) is 9.59 Å². The number of nitrogens with one attached hydrogen (secondary N) is 2. The molecule has 2 rings (SSSR count). The Morgan fingerprint density at radius 1 is 1.33 bits per heavy atom. The van der Waals surface area contributed by atoms with Gasteiger partial charge in [-0.25, -0.2) is 9.79 Å². The molecule has 7 nitrogen and oxygen atoms in total. The molecule has 24 heavy (non-hydrogen) atoms. The Kier molecular flexibility index (Phi) is 5.02. The molecule has 0 aromatic carbocycles. The molecule has 2 N–H and O–H groups in total. The van der Waals surface area contributed by atoms with E-state index in [1.165, 1.54) is 0 Å². The molecule has 0 saturated heterocycles. The molecule has 2 aliphatic rings. The number of aliphatic imine (C=N–C) groups is 1. The molecule has 0 fully saturated rings. The van der Waals surface area contributed by atoms with Crippen molar-refractivity contribution in [2.24, 2.45) is 10.9 Å². The van der Waals surface area contributed by atoms with Gasteiger partial charge in [0.15, 0.2) is 0 Å². The predicted molar refractivity (Wildman–Crippen MR) is 89.3 cm³/mol. The van der Waals surface area contributed by atoms with Gasteiger partial charge in [0.2, 0.25) is 5.91 Å². The minimum absolute atomic E-state index is 0.00311. The van der Waals surface area contributed by atoms with Crippen LogP contribution < -0.4 is 10.6 Å². The first-order valence-electron chi connectivity index (χ1n) is 7.61. The third-order valence-electron chi connectivity index (χ3n) is 3.25. The highest BCUT2D eigenvalue weighted by Crippen LogP contribution is 2.26. The minimum atomic E-state index is -0.672. The summed E-state index contributed by atoms with van der Waals surface area (Å²) in [6, 6.07) is 0. The number of ether oxygens (including phenoxy) is 1. The molecule has 0 spiro atoms. The number of amides is 3. The second kappa shape index (κ2) is 6.82. The molecular formula is C17H21N3O4. The second-order valence-corrected chi connectivity index (χ2v) is 6.60. The Morgan fingerprint density at radius 2 is 2.04 bits per heavy atom. The molecule has 0 bridgehead atoms. The van der Waals surface area contributed by atoms with Crippen LogP contribution in [0.4, 0.5) is 4.79 Å². The molecule has 0 aromatic heterocycles. The van der Waals surface area contributed by atoms with E-state index >= 15 is 0 Å². The normalized spacial score (nSPS) is 21.4. The van der Waals surface area contributed by atoms with Crippen LogP contribution in [0.15, 0.2) is 40.6 Å². The number of nitrogens with zero attached hydrogens (tertiary/aromatic N) is 1. The summed E-state index contributed by atoms with van der Waals surface area (Å²) in [4.78, 5) is 38.8. The van der Waals surface area contributed by atoms with Crippen molar-refractivity contribution < 1.29 is 19.1 Å². The fourth-order valence-electron chi connectivity index (χ4n) is 2.30.